The van der Waals surface area contributed by atoms with Gasteiger partial charge in [0.2, 0.25) is 0 Å². The third-order valence-electron chi connectivity index (χ3n) is 1.32. The van der Waals surface area contributed by atoms with Gasteiger partial charge >= 0.3 is 0 Å². The smallest absolute Gasteiger partial charge is 0.279 e. The molecule has 0 spiro atoms. The van der Waals surface area contributed by atoms with Crippen LogP contribution in [0, 0.1) is 0 Å². The molecule has 2 aromatic rings. The highest BCUT2D eigenvalue weighted by Crippen LogP contribution is 2.11. The summed E-state index contributed by atoms with van der Waals surface area (Å²) in [6, 6.07) is 1.49. The second-order valence-corrected chi connectivity index (χ2v) is 3.07. The van der Waals surface area contributed by atoms with Crippen molar-refractivity contribution in [3.8, 4) is 0 Å². The van der Waals surface area contributed by atoms with E-state index in [9.17, 15) is 4.79 Å². The highest BCUT2D eigenvalue weighted by atomic mass is 32.1. The van der Waals surface area contributed by atoms with E-state index in [1.807, 2.05) is 0 Å². The molecule has 0 atom stereocenters. The Bertz CT molecular complexity index is 382. The van der Waals surface area contributed by atoms with Crippen LogP contribution in [0.4, 0.5) is 5.13 Å². The van der Waals surface area contributed by atoms with Crippen LogP contribution in [0.25, 0.3) is 0 Å². The minimum Gasteiger partial charge on any atom is -0.364 e. The molecule has 66 valence electrons. The molecule has 0 saturated carbocycles. The largest absolute Gasteiger partial charge is 0.364 e. The number of carbonyl (C=O) groups is 1. The van der Waals surface area contributed by atoms with Gasteiger partial charge in [0.25, 0.3) is 5.91 Å². The molecule has 2 heterocycles. The van der Waals surface area contributed by atoms with Crippen molar-refractivity contribution in [2.75, 3.05) is 5.32 Å². The maximum Gasteiger partial charge on any atom is 0.279 e. The van der Waals surface area contributed by atoms with Crippen molar-refractivity contribution in [1.82, 2.24) is 10.1 Å². The van der Waals surface area contributed by atoms with Crippen molar-refractivity contribution in [2.24, 2.45) is 0 Å². The summed E-state index contributed by atoms with van der Waals surface area (Å²) in [7, 11) is 0. The van der Waals surface area contributed by atoms with Crippen LogP contribution in [-0.2, 0) is 0 Å². The fraction of sp³-hybridized carbons (Fsp3) is 0. The molecule has 13 heavy (non-hydrogen) atoms. The summed E-state index contributed by atoms with van der Waals surface area (Å²) in [6.07, 6.45) is 2.96. The zero-order valence-electron chi connectivity index (χ0n) is 6.43. The van der Waals surface area contributed by atoms with Crippen molar-refractivity contribution < 1.29 is 9.32 Å². The molecule has 0 aliphatic heterocycles. The van der Waals surface area contributed by atoms with E-state index in [0.29, 0.717) is 5.13 Å². The molecule has 5 nitrogen and oxygen atoms in total. The topological polar surface area (TPSA) is 68.0 Å². The second kappa shape index (κ2) is 3.36. The molecule has 0 aromatic carbocycles. The maximum atomic E-state index is 11.3. The monoisotopic (exact) mass is 195 g/mol. The van der Waals surface area contributed by atoms with E-state index in [1.165, 1.54) is 23.7 Å². The van der Waals surface area contributed by atoms with Gasteiger partial charge in [0.15, 0.2) is 10.8 Å². The van der Waals surface area contributed by atoms with Crippen LogP contribution in [0.1, 0.15) is 10.5 Å². The van der Waals surface area contributed by atoms with Crippen LogP contribution in [0.15, 0.2) is 28.4 Å². The Morgan fingerprint density at radius 3 is 3.15 bits per heavy atom. The van der Waals surface area contributed by atoms with Gasteiger partial charge in [0, 0.05) is 17.6 Å². The molecule has 0 saturated heterocycles. The third kappa shape index (κ3) is 1.73. The predicted molar refractivity (Wildman–Crippen MR) is 46.6 cm³/mol. The van der Waals surface area contributed by atoms with E-state index in [1.54, 1.807) is 11.6 Å². The number of nitrogens with one attached hydrogen (secondary N) is 1. The van der Waals surface area contributed by atoms with Gasteiger partial charge in [-0.1, -0.05) is 5.16 Å². The lowest BCUT2D eigenvalue weighted by molar-refractivity contribution is 0.101. The van der Waals surface area contributed by atoms with Crippen LogP contribution in [0.5, 0.6) is 0 Å². The number of amides is 1. The quantitative estimate of drug-likeness (QED) is 0.786. The number of aromatic nitrogens is 2. The lowest BCUT2D eigenvalue weighted by Crippen LogP contribution is -2.11. The fourth-order valence-corrected chi connectivity index (χ4v) is 1.30. The van der Waals surface area contributed by atoms with Crippen LogP contribution in [0.3, 0.4) is 0 Å². The van der Waals surface area contributed by atoms with Crippen molar-refractivity contribution >= 4 is 22.4 Å². The van der Waals surface area contributed by atoms with Gasteiger partial charge in [-0.05, 0) is 0 Å². The molecular formula is C7H5N3O2S. The summed E-state index contributed by atoms with van der Waals surface area (Å²) < 4.78 is 4.53. The minimum absolute atomic E-state index is 0.246. The predicted octanol–water partition coefficient (Wildman–Crippen LogP) is 1.38. The fourth-order valence-electron chi connectivity index (χ4n) is 0.776. The van der Waals surface area contributed by atoms with Gasteiger partial charge < -0.3 is 4.52 Å². The Hall–Kier alpha value is -1.69. The summed E-state index contributed by atoms with van der Waals surface area (Å²) in [4.78, 5) is 15.2. The van der Waals surface area contributed by atoms with Crippen molar-refractivity contribution in [3.63, 3.8) is 0 Å². The number of nitrogens with zero attached hydrogens (tertiary/aromatic N) is 2. The number of anilines is 1. The summed E-state index contributed by atoms with van der Waals surface area (Å²) in [5.74, 6) is -0.316. The van der Waals surface area contributed by atoms with Crippen molar-refractivity contribution in [2.45, 2.75) is 0 Å². The molecule has 2 aromatic heterocycles. The van der Waals surface area contributed by atoms with Crippen LogP contribution >= 0.6 is 11.3 Å². The first-order valence-corrected chi connectivity index (χ1v) is 4.35. The van der Waals surface area contributed by atoms with Gasteiger partial charge in [-0.25, -0.2) is 4.98 Å². The molecule has 0 aliphatic rings. The first-order valence-electron chi connectivity index (χ1n) is 3.47. The van der Waals surface area contributed by atoms with Crippen molar-refractivity contribution in [3.05, 3.63) is 29.6 Å². The molecule has 0 bridgehead atoms. The van der Waals surface area contributed by atoms with E-state index in [-0.39, 0.29) is 11.6 Å². The molecule has 0 unspecified atom stereocenters. The van der Waals surface area contributed by atoms with Crippen LogP contribution in [0.2, 0.25) is 0 Å². The maximum absolute atomic E-state index is 11.3. The number of hydrogen-bond acceptors (Lipinski definition) is 5. The Labute approximate surface area is 77.4 Å². The lowest BCUT2D eigenvalue weighted by Gasteiger charge is -1.94. The normalized spacial score (nSPS) is 9.85. The first-order chi connectivity index (χ1) is 6.36. The summed E-state index contributed by atoms with van der Waals surface area (Å²) in [6.45, 7) is 0. The van der Waals surface area contributed by atoms with E-state index in [4.69, 9.17) is 0 Å². The zero-order valence-corrected chi connectivity index (χ0v) is 7.25. The Morgan fingerprint density at radius 1 is 1.62 bits per heavy atom. The average Bonchev–Trinajstić information content (AvgIpc) is 2.74. The first kappa shape index (κ1) is 7.93. The van der Waals surface area contributed by atoms with Gasteiger partial charge in [-0.15, -0.1) is 11.3 Å². The molecule has 1 N–H and O–H groups in total. The molecule has 0 fully saturated rings. The molecule has 0 aliphatic carbocycles. The van der Waals surface area contributed by atoms with Crippen LogP contribution in [-0.4, -0.2) is 16.0 Å². The highest BCUT2D eigenvalue weighted by Gasteiger charge is 2.09. The minimum atomic E-state index is -0.316. The summed E-state index contributed by atoms with van der Waals surface area (Å²) in [5.41, 5.74) is 0.246. The Kier molecular flexibility index (Phi) is 2.05. The number of rotatable bonds is 2. The van der Waals surface area contributed by atoms with Gasteiger partial charge in [-0.3, -0.25) is 10.1 Å². The SMILES string of the molecule is O=C(Nc1nccs1)c1ccon1. The Balaban J connectivity index is 2.08. The molecular weight excluding hydrogens is 190 g/mol. The molecule has 0 radical (unpaired) electrons. The summed E-state index contributed by atoms with van der Waals surface area (Å²) in [5, 5.41) is 8.38. The van der Waals surface area contributed by atoms with E-state index < -0.39 is 0 Å². The third-order valence-corrected chi connectivity index (χ3v) is 2.01. The Morgan fingerprint density at radius 2 is 2.54 bits per heavy atom. The number of hydrogen-bond donors (Lipinski definition) is 1. The van der Waals surface area contributed by atoms with Crippen LogP contribution < -0.4 is 5.32 Å². The number of carbonyl (C=O) groups excluding carboxylic acids is 1. The van der Waals surface area contributed by atoms with E-state index in [0.717, 1.165) is 0 Å². The standard InChI is InChI=1S/C7H5N3O2S/c11-6(5-1-3-12-10-5)9-7-8-2-4-13-7/h1-4H,(H,8,9,11). The molecule has 1 amide bonds. The van der Waals surface area contributed by atoms with Gasteiger partial charge in [-0.2, -0.15) is 0 Å². The van der Waals surface area contributed by atoms with Gasteiger partial charge in [0.1, 0.15) is 6.26 Å². The lowest BCUT2D eigenvalue weighted by atomic mass is 10.4. The van der Waals surface area contributed by atoms with E-state index >= 15 is 0 Å². The zero-order chi connectivity index (χ0) is 9.10. The van der Waals surface area contributed by atoms with Crippen molar-refractivity contribution in [1.29, 1.82) is 0 Å². The average molecular weight is 195 g/mol. The number of thiazole rings is 1. The summed E-state index contributed by atoms with van der Waals surface area (Å²) >= 11 is 1.35. The highest BCUT2D eigenvalue weighted by molar-refractivity contribution is 7.13. The van der Waals surface area contributed by atoms with Gasteiger partial charge in [0.05, 0.1) is 0 Å². The second-order valence-electron chi connectivity index (χ2n) is 2.18. The molecule has 6 heteroatoms. The van der Waals surface area contributed by atoms with E-state index in [2.05, 4.69) is 20.0 Å². The molecule has 2 rings (SSSR count).